The highest BCUT2D eigenvalue weighted by Crippen LogP contribution is 2.18. The lowest BCUT2D eigenvalue weighted by Crippen LogP contribution is -2.39. The zero-order valence-corrected chi connectivity index (χ0v) is 12.6. The number of amides is 2. The predicted octanol–water partition coefficient (Wildman–Crippen LogP) is 2.01. The molecule has 4 heteroatoms. The van der Waals surface area contributed by atoms with Crippen molar-refractivity contribution in [1.82, 2.24) is 15.5 Å². The minimum atomic E-state index is 0.0141. The van der Waals surface area contributed by atoms with Crippen molar-refractivity contribution in [3.8, 4) is 0 Å². The van der Waals surface area contributed by atoms with Gasteiger partial charge in [-0.25, -0.2) is 4.79 Å². The van der Waals surface area contributed by atoms with E-state index in [0.29, 0.717) is 12.0 Å². The quantitative estimate of drug-likeness (QED) is 0.840. The number of nitrogens with zero attached hydrogens (tertiary/aromatic N) is 1. The molecule has 2 aliphatic rings. The highest BCUT2D eigenvalue weighted by atomic mass is 16.2. The molecule has 1 aliphatic carbocycles. The van der Waals surface area contributed by atoms with Gasteiger partial charge in [0.1, 0.15) is 0 Å². The standard InChI is InChI=1S/C17H25N3O/c21-17(19-16-6-7-16)18-12-15-9-11-20(13-15)10-8-14-4-2-1-3-5-14/h1-5,15-16H,6-13H2,(H2,18,19,21). The van der Waals surface area contributed by atoms with E-state index < -0.39 is 0 Å². The third-order valence-electron chi connectivity index (χ3n) is 4.39. The fourth-order valence-corrected chi connectivity index (χ4v) is 2.92. The Morgan fingerprint density at radius 2 is 2.00 bits per heavy atom. The number of nitrogens with one attached hydrogen (secondary N) is 2. The fourth-order valence-electron chi connectivity index (χ4n) is 2.92. The molecule has 3 rings (SSSR count). The molecule has 1 heterocycles. The Morgan fingerprint density at radius 1 is 1.19 bits per heavy atom. The molecule has 1 aliphatic heterocycles. The van der Waals surface area contributed by atoms with Gasteiger partial charge in [-0.15, -0.1) is 0 Å². The minimum absolute atomic E-state index is 0.0141. The number of carbonyl (C=O) groups is 1. The van der Waals surface area contributed by atoms with E-state index >= 15 is 0 Å². The second-order valence-corrected chi connectivity index (χ2v) is 6.32. The van der Waals surface area contributed by atoms with Crippen molar-refractivity contribution in [1.29, 1.82) is 0 Å². The van der Waals surface area contributed by atoms with Gasteiger partial charge >= 0.3 is 6.03 Å². The predicted molar refractivity (Wildman–Crippen MR) is 84.2 cm³/mol. The zero-order valence-electron chi connectivity index (χ0n) is 12.6. The average Bonchev–Trinajstić information content (AvgIpc) is 3.20. The number of rotatable bonds is 6. The van der Waals surface area contributed by atoms with Crippen LogP contribution in [0.25, 0.3) is 0 Å². The first-order valence-corrected chi connectivity index (χ1v) is 8.10. The van der Waals surface area contributed by atoms with Gasteiger partial charge in [0.2, 0.25) is 0 Å². The van der Waals surface area contributed by atoms with Gasteiger partial charge in [0.15, 0.2) is 0 Å². The summed E-state index contributed by atoms with van der Waals surface area (Å²) >= 11 is 0. The zero-order chi connectivity index (χ0) is 14.5. The van der Waals surface area contributed by atoms with Crippen LogP contribution in [0.2, 0.25) is 0 Å². The van der Waals surface area contributed by atoms with Gasteiger partial charge in [-0.05, 0) is 43.7 Å². The first-order chi connectivity index (χ1) is 10.3. The van der Waals surface area contributed by atoms with E-state index in [0.717, 1.165) is 45.4 Å². The van der Waals surface area contributed by atoms with E-state index in [-0.39, 0.29) is 6.03 Å². The summed E-state index contributed by atoms with van der Waals surface area (Å²) in [7, 11) is 0. The Hall–Kier alpha value is -1.55. The number of benzene rings is 1. The van der Waals surface area contributed by atoms with Crippen LogP contribution in [-0.2, 0) is 6.42 Å². The van der Waals surface area contributed by atoms with Crippen LogP contribution in [0, 0.1) is 5.92 Å². The van der Waals surface area contributed by atoms with Gasteiger partial charge in [0.25, 0.3) is 0 Å². The Bertz CT molecular complexity index is 458. The summed E-state index contributed by atoms with van der Waals surface area (Å²) in [6, 6.07) is 11.1. The van der Waals surface area contributed by atoms with Gasteiger partial charge < -0.3 is 15.5 Å². The van der Waals surface area contributed by atoms with Crippen LogP contribution in [0.1, 0.15) is 24.8 Å². The Morgan fingerprint density at radius 3 is 2.76 bits per heavy atom. The molecule has 2 N–H and O–H groups in total. The van der Waals surface area contributed by atoms with Crippen molar-refractivity contribution in [2.24, 2.45) is 5.92 Å². The molecule has 2 fully saturated rings. The Kier molecular flexibility index (Phi) is 4.76. The van der Waals surface area contributed by atoms with Crippen molar-refractivity contribution in [3.05, 3.63) is 35.9 Å². The molecule has 0 radical (unpaired) electrons. The van der Waals surface area contributed by atoms with E-state index in [1.54, 1.807) is 0 Å². The second-order valence-electron chi connectivity index (χ2n) is 6.32. The maximum atomic E-state index is 11.6. The number of urea groups is 1. The van der Waals surface area contributed by atoms with Gasteiger partial charge in [0.05, 0.1) is 0 Å². The molecule has 21 heavy (non-hydrogen) atoms. The van der Waals surface area contributed by atoms with Crippen LogP contribution in [0.4, 0.5) is 4.79 Å². The van der Waals surface area contributed by atoms with Crippen molar-refractivity contribution >= 4 is 6.03 Å². The minimum Gasteiger partial charge on any atom is -0.338 e. The molecule has 1 aromatic carbocycles. The second kappa shape index (κ2) is 6.94. The molecule has 0 bridgehead atoms. The maximum Gasteiger partial charge on any atom is 0.315 e. The highest BCUT2D eigenvalue weighted by Gasteiger charge is 2.25. The van der Waals surface area contributed by atoms with Crippen LogP contribution >= 0.6 is 0 Å². The van der Waals surface area contributed by atoms with Gasteiger partial charge in [-0.2, -0.15) is 0 Å². The summed E-state index contributed by atoms with van der Waals surface area (Å²) < 4.78 is 0. The summed E-state index contributed by atoms with van der Waals surface area (Å²) in [4.78, 5) is 14.1. The van der Waals surface area contributed by atoms with E-state index in [9.17, 15) is 4.79 Å². The van der Waals surface area contributed by atoms with E-state index in [2.05, 4.69) is 45.9 Å². The molecule has 0 aromatic heterocycles. The SMILES string of the molecule is O=C(NCC1CCN(CCc2ccccc2)C1)NC1CC1. The molecule has 0 spiro atoms. The molecule has 4 nitrogen and oxygen atoms in total. The molecule has 1 unspecified atom stereocenters. The lowest BCUT2D eigenvalue weighted by molar-refractivity contribution is 0.238. The van der Waals surface area contributed by atoms with Crippen molar-refractivity contribution in [2.75, 3.05) is 26.2 Å². The number of carbonyl (C=O) groups excluding carboxylic acids is 1. The topological polar surface area (TPSA) is 44.4 Å². The van der Waals surface area contributed by atoms with Crippen LogP contribution in [-0.4, -0.2) is 43.2 Å². The van der Waals surface area contributed by atoms with Crippen LogP contribution in [0.3, 0.4) is 0 Å². The van der Waals surface area contributed by atoms with E-state index in [4.69, 9.17) is 0 Å². The van der Waals surface area contributed by atoms with E-state index in [1.165, 1.54) is 12.0 Å². The summed E-state index contributed by atoms with van der Waals surface area (Å²) in [5.41, 5.74) is 1.41. The molecule has 1 aromatic rings. The molecule has 114 valence electrons. The van der Waals surface area contributed by atoms with E-state index in [1.807, 2.05) is 0 Å². The first kappa shape index (κ1) is 14.4. The van der Waals surface area contributed by atoms with Crippen LogP contribution in [0.5, 0.6) is 0 Å². The summed E-state index contributed by atoms with van der Waals surface area (Å²) in [6.45, 7) is 4.19. The highest BCUT2D eigenvalue weighted by molar-refractivity contribution is 5.74. The number of likely N-dealkylation sites (tertiary alicyclic amines) is 1. The van der Waals surface area contributed by atoms with Crippen LogP contribution in [0.15, 0.2) is 30.3 Å². The first-order valence-electron chi connectivity index (χ1n) is 8.10. The average molecular weight is 287 g/mol. The molecule has 1 atom stereocenters. The summed E-state index contributed by atoms with van der Waals surface area (Å²) in [5, 5.41) is 5.99. The van der Waals surface area contributed by atoms with Crippen LogP contribution < -0.4 is 10.6 Å². The molecular formula is C17H25N3O. The normalized spacial score (nSPS) is 22.2. The van der Waals surface area contributed by atoms with Gasteiger partial charge in [-0.1, -0.05) is 30.3 Å². The summed E-state index contributed by atoms with van der Waals surface area (Å²) in [6.07, 6.45) is 4.59. The molecule has 1 saturated carbocycles. The third kappa shape index (κ3) is 4.74. The monoisotopic (exact) mass is 287 g/mol. The van der Waals surface area contributed by atoms with Crippen molar-refractivity contribution in [3.63, 3.8) is 0 Å². The largest absolute Gasteiger partial charge is 0.338 e. The number of hydrogen-bond acceptors (Lipinski definition) is 2. The lowest BCUT2D eigenvalue weighted by Gasteiger charge is -2.16. The number of hydrogen-bond donors (Lipinski definition) is 2. The Labute approximate surface area is 126 Å². The van der Waals surface area contributed by atoms with Crippen molar-refractivity contribution < 1.29 is 4.79 Å². The molecule has 2 amide bonds. The van der Waals surface area contributed by atoms with Gasteiger partial charge in [0, 0.05) is 25.7 Å². The molecule has 1 saturated heterocycles. The van der Waals surface area contributed by atoms with Crippen molar-refractivity contribution in [2.45, 2.75) is 31.7 Å². The third-order valence-corrected chi connectivity index (χ3v) is 4.39. The maximum absolute atomic E-state index is 11.6. The van der Waals surface area contributed by atoms with Gasteiger partial charge in [-0.3, -0.25) is 0 Å². The lowest BCUT2D eigenvalue weighted by atomic mass is 10.1. The summed E-state index contributed by atoms with van der Waals surface area (Å²) in [5.74, 6) is 0.603. The molecular weight excluding hydrogens is 262 g/mol. The Balaban J connectivity index is 1.32. The fraction of sp³-hybridized carbons (Fsp3) is 0.588. The smallest absolute Gasteiger partial charge is 0.315 e.